The van der Waals surface area contributed by atoms with E-state index in [0.29, 0.717) is 13.2 Å². The van der Waals surface area contributed by atoms with Crippen LogP contribution in [-0.2, 0) is 33.3 Å². The van der Waals surface area contributed by atoms with Crippen LogP contribution in [0.25, 0.3) is 0 Å². The van der Waals surface area contributed by atoms with Crippen LogP contribution in [-0.4, -0.2) is 61.6 Å². The molecule has 1 aliphatic rings. The maximum absolute atomic E-state index is 11.6. The Kier molecular flexibility index (Phi) is 9.53. The lowest BCUT2D eigenvalue weighted by molar-refractivity contribution is -0.268. The van der Waals surface area contributed by atoms with E-state index in [1.165, 1.54) is 20.8 Å². The predicted molar refractivity (Wildman–Crippen MR) is 91.9 cm³/mol. The summed E-state index contributed by atoms with van der Waals surface area (Å²) in [5.74, 6) is -1.44. The second kappa shape index (κ2) is 11.1. The third-order valence-electron chi connectivity index (χ3n) is 3.89. The highest BCUT2D eigenvalue weighted by atomic mass is 16.7. The van der Waals surface area contributed by atoms with Crippen LogP contribution >= 0.6 is 0 Å². The Morgan fingerprint density at radius 3 is 2.15 bits per heavy atom. The van der Waals surface area contributed by atoms with Gasteiger partial charge < -0.3 is 30.0 Å². The lowest BCUT2D eigenvalue weighted by atomic mass is 9.96. The van der Waals surface area contributed by atoms with Crippen LogP contribution < -0.4 is 11.1 Å². The number of carbonyl (C=O) groups is 3. The maximum atomic E-state index is 11.6. The Balaban J connectivity index is 2.92. The van der Waals surface area contributed by atoms with Crippen molar-refractivity contribution in [2.45, 2.75) is 77.6 Å². The first-order valence-electron chi connectivity index (χ1n) is 8.85. The van der Waals surface area contributed by atoms with E-state index >= 15 is 0 Å². The molecule has 0 aromatic rings. The van der Waals surface area contributed by atoms with Gasteiger partial charge in [-0.15, -0.1) is 0 Å². The first kappa shape index (κ1) is 22.3. The van der Waals surface area contributed by atoms with Gasteiger partial charge in [0.15, 0.2) is 18.5 Å². The molecular weight excluding hydrogens is 344 g/mol. The Bertz CT molecular complexity index is 486. The molecule has 1 rings (SSSR count). The van der Waals surface area contributed by atoms with Gasteiger partial charge in [-0.3, -0.25) is 14.4 Å². The van der Waals surface area contributed by atoms with E-state index < -0.39 is 42.6 Å². The zero-order valence-corrected chi connectivity index (χ0v) is 15.9. The average Bonchev–Trinajstić information content (AvgIpc) is 2.52. The van der Waals surface area contributed by atoms with E-state index in [1.54, 1.807) is 6.92 Å². The van der Waals surface area contributed by atoms with Crippen molar-refractivity contribution in [3.05, 3.63) is 0 Å². The SMILES string of the molecule is CC(=O)NC1C(OCCCCCN)OC(C)C(OC(C)=O)C1OC(C)=O. The van der Waals surface area contributed by atoms with Crippen molar-refractivity contribution in [1.29, 1.82) is 0 Å². The van der Waals surface area contributed by atoms with Gasteiger partial charge in [0.2, 0.25) is 5.91 Å². The molecular formula is C17H30N2O7. The summed E-state index contributed by atoms with van der Waals surface area (Å²) in [7, 11) is 0. The van der Waals surface area contributed by atoms with Crippen molar-refractivity contribution >= 4 is 17.8 Å². The Morgan fingerprint density at radius 2 is 1.62 bits per heavy atom. The minimum absolute atomic E-state index is 0.344. The molecule has 3 N–H and O–H groups in total. The molecule has 0 radical (unpaired) electrons. The lowest BCUT2D eigenvalue weighted by Gasteiger charge is -2.44. The Labute approximate surface area is 153 Å². The minimum Gasteiger partial charge on any atom is -0.456 e. The van der Waals surface area contributed by atoms with Crippen molar-refractivity contribution in [3.63, 3.8) is 0 Å². The maximum Gasteiger partial charge on any atom is 0.303 e. The van der Waals surface area contributed by atoms with Crippen LogP contribution in [0.15, 0.2) is 0 Å². The average molecular weight is 374 g/mol. The van der Waals surface area contributed by atoms with Gasteiger partial charge >= 0.3 is 11.9 Å². The topological polar surface area (TPSA) is 126 Å². The van der Waals surface area contributed by atoms with E-state index in [9.17, 15) is 14.4 Å². The molecule has 5 unspecified atom stereocenters. The number of nitrogens with one attached hydrogen (secondary N) is 1. The molecule has 1 saturated heterocycles. The van der Waals surface area contributed by atoms with Gasteiger partial charge in [0.1, 0.15) is 6.04 Å². The van der Waals surface area contributed by atoms with Gasteiger partial charge in [-0.25, -0.2) is 0 Å². The number of rotatable bonds is 9. The summed E-state index contributed by atoms with van der Waals surface area (Å²) in [6.45, 7) is 6.55. The fourth-order valence-electron chi connectivity index (χ4n) is 2.84. The van der Waals surface area contributed by atoms with Gasteiger partial charge in [0.05, 0.1) is 6.10 Å². The van der Waals surface area contributed by atoms with Crippen LogP contribution in [0.3, 0.4) is 0 Å². The first-order chi connectivity index (χ1) is 12.3. The molecule has 1 heterocycles. The highest BCUT2D eigenvalue weighted by Crippen LogP contribution is 2.27. The number of unbranched alkanes of at least 4 members (excludes halogenated alkanes) is 2. The number of ether oxygens (including phenoxy) is 4. The Morgan fingerprint density at radius 1 is 1.00 bits per heavy atom. The summed E-state index contributed by atoms with van der Waals surface area (Å²) < 4.78 is 22.2. The molecule has 0 spiro atoms. The summed E-state index contributed by atoms with van der Waals surface area (Å²) in [5.41, 5.74) is 5.47. The molecule has 150 valence electrons. The number of carbonyl (C=O) groups excluding carboxylic acids is 3. The Hall–Kier alpha value is -1.71. The number of hydrogen-bond donors (Lipinski definition) is 2. The molecule has 9 heteroatoms. The number of nitrogens with two attached hydrogens (primary N) is 1. The van der Waals surface area contributed by atoms with Crippen molar-refractivity contribution in [3.8, 4) is 0 Å². The summed E-state index contributed by atoms with van der Waals surface area (Å²) >= 11 is 0. The van der Waals surface area contributed by atoms with Crippen molar-refractivity contribution in [2.75, 3.05) is 13.2 Å². The van der Waals surface area contributed by atoms with E-state index in [0.717, 1.165) is 19.3 Å². The molecule has 0 saturated carbocycles. The summed E-state index contributed by atoms with van der Waals surface area (Å²) in [6, 6.07) is -0.800. The normalized spacial score (nSPS) is 28.3. The number of esters is 2. The van der Waals surface area contributed by atoms with Crippen LogP contribution in [0, 0.1) is 0 Å². The molecule has 1 amide bonds. The van der Waals surface area contributed by atoms with Crippen LogP contribution in [0.4, 0.5) is 0 Å². The number of hydrogen-bond acceptors (Lipinski definition) is 8. The second-order valence-corrected chi connectivity index (χ2v) is 6.30. The standard InChI is InChI=1S/C17H30N2O7/c1-10-15(25-12(3)21)16(26-13(4)22)14(19-11(2)20)17(24-10)23-9-7-5-6-8-18/h10,14-17H,5-9,18H2,1-4H3,(H,19,20). The van der Waals surface area contributed by atoms with Gasteiger partial charge in [0, 0.05) is 27.4 Å². The smallest absolute Gasteiger partial charge is 0.303 e. The van der Waals surface area contributed by atoms with Crippen molar-refractivity contribution in [2.24, 2.45) is 5.73 Å². The highest BCUT2D eigenvalue weighted by molar-refractivity contribution is 5.73. The molecule has 9 nitrogen and oxygen atoms in total. The summed E-state index contributed by atoms with van der Waals surface area (Å²) in [5, 5.41) is 2.69. The molecule has 1 aliphatic heterocycles. The van der Waals surface area contributed by atoms with E-state index in [2.05, 4.69) is 5.32 Å². The van der Waals surface area contributed by atoms with Crippen LogP contribution in [0.1, 0.15) is 47.0 Å². The van der Waals surface area contributed by atoms with Gasteiger partial charge in [0.25, 0.3) is 0 Å². The van der Waals surface area contributed by atoms with E-state index in [1.807, 2.05) is 0 Å². The highest BCUT2D eigenvalue weighted by Gasteiger charge is 2.49. The quantitative estimate of drug-likeness (QED) is 0.434. The fraction of sp³-hybridized carbons (Fsp3) is 0.824. The monoisotopic (exact) mass is 374 g/mol. The van der Waals surface area contributed by atoms with Gasteiger partial charge in [-0.2, -0.15) is 0 Å². The molecule has 0 aliphatic carbocycles. The van der Waals surface area contributed by atoms with Crippen LogP contribution in [0.5, 0.6) is 0 Å². The first-order valence-corrected chi connectivity index (χ1v) is 8.85. The summed E-state index contributed by atoms with van der Waals surface area (Å²) in [6.07, 6.45) is -0.601. The molecule has 26 heavy (non-hydrogen) atoms. The zero-order valence-electron chi connectivity index (χ0n) is 15.9. The van der Waals surface area contributed by atoms with Gasteiger partial charge in [-0.1, -0.05) is 0 Å². The third-order valence-corrected chi connectivity index (χ3v) is 3.89. The predicted octanol–water partition coefficient (Wildman–Crippen LogP) is 0.245. The van der Waals surface area contributed by atoms with E-state index in [-0.39, 0.29) is 5.91 Å². The number of amides is 1. The van der Waals surface area contributed by atoms with Crippen LogP contribution in [0.2, 0.25) is 0 Å². The fourth-order valence-corrected chi connectivity index (χ4v) is 2.84. The van der Waals surface area contributed by atoms with Gasteiger partial charge in [-0.05, 0) is 32.7 Å². The van der Waals surface area contributed by atoms with Crippen molar-refractivity contribution < 1.29 is 33.3 Å². The molecule has 5 atom stereocenters. The van der Waals surface area contributed by atoms with E-state index in [4.69, 9.17) is 24.7 Å². The molecule has 0 aromatic carbocycles. The largest absolute Gasteiger partial charge is 0.456 e. The zero-order chi connectivity index (χ0) is 19.7. The lowest BCUT2D eigenvalue weighted by Crippen LogP contribution is -2.65. The minimum atomic E-state index is -0.918. The third kappa shape index (κ3) is 7.27. The summed E-state index contributed by atoms with van der Waals surface area (Å²) in [4.78, 5) is 34.6. The second-order valence-electron chi connectivity index (χ2n) is 6.30. The molecule has 1 fully saturated rings. The van der Waals surface area contributed by atoms with Crippen molar-refractivity contribution in [1.82, 2.24) is 5.32 Å². The molecule has 0 bridgehead atoms. The molecule has 0 aromatic heterocycles.